The summed E-state index contributed by atoms with van der Waals surface area (Å²) in [6.45, 7) is 8.07. The highest BCUT2D eigenvalue weighted by atomic mass is 16.5. The summed E-state index contributed by atoms with van der Waals surface area (Å²) in [7, 11) is 0. The summed E-state index contributed by atoms with van der Waals surface area (Å²) in [5.74, 6) is 1.01. The highest BCUT2D eigenvalue weighted by molar-refractivity contribution is 5.85. The van der Waals surface area contributed by atoms with Gasteiger partial charge in [0.25, 0.3) is 0 Å². The van der Waals surface area contributed by atoms with Crippen LogP contribution in [0, 0.1) is 25.7 Å². The van der Waals surface area contributed by atoms with Crippen LogP contribution in [0.2, 0.25) is 0 Å². The molecule has 2 aliphatic heterocycles. The molecule has 2 aliphatic rings. The van der Waals surface area contributed by atoms with E-state index in [1.54, 1.807) is 0 Å². The zero-order valence-electron chi connectivity index (χ0n) is 18.3. The van der Waals surface area contributed by atoms with Gasteiger partial charge in [-0.25, -0.2) is 0 Å². The summed E-state index contributed by atoms with van der Waals surface area (Å²) in [5, 5.41) is 6.92. The van der Waals surface area contributed by atoms with Gasteiger partial charge in [-0.3, -0.25) is 19.5 Å². The standard InChI is InChI=1S/C23H31N5O3/c1-16-21(17(2)31-26-16)6-10-25-22(29)19-13-28(14-19)23(30)18-7-11-27(12-8-18)15-20-5-3-4-9-24-20/h3-5,9,18-19H,6-8,10-15H2,1-2H3,(H,25,29). The van der Waals surface area contributed by atoms with Crippen molar-refractivity contribution in [2.45, 2.75) is 39.7 Å². The summed E-state index contributed by atoms with van der Waals surface area (Å²) in [4.78, 5) is 33.8. The number of piperidine rings is 1. The Morgan fingerprint density at radius 2 is 1.94 bits per heavy atom. The Morgan fingerprint density at radius 1 is 1.16 bits per heavy atom. The van der Waals surface area contributed by atoms with Gasteiger partial charge in [-0.15, -0.1) is 0 Å². The van der Waals surface area contributed by atoms with Crippen LogP contribution >= 0.6 is 0 Å². The van der Waals surface area contributed by atoms with E-state index >= 15 is 0 Å². The molecular formula is C23H31N5O3. The van der Waals surface area contributed by atoms with Gasteiger partial charge >= 0.3 is 0 Å². The Kier molecular flexibility index (Phi) is 6.65. The highest BCUT2D eigenvalue weighted by Gasteiger charge is 2.38. The van der Waals surface area contributed by atoms with Crippen molar-refractivity contribution in [2.24, 2.45) is 11.8 Å². The van der Waals surface area contributed by atoms with Crippen molar-refractivity contribution in [1.82, 2.24) is 25.3 Å². The first-order valence-corrected chi connectivity index (χ1v) is 11.1. The molecule has 2 fully saturated rings. The summed E-state index contributed by atoms with van der Waals surface area (Å²) in [6, 6.07) is 5.97. The van der Waals surface area contributed by atoms with Crippen LogP contribution in [0.25, 0.3) is 0 Å². The molecule has 2 amide bonds. The summed E-state index contributed by atoms with van der Waals surface area (Å²) in [6.07, 6.45) is 4.27. The van der Waals surface area contributed by atoms with Gasteiger partial charge in [0.05, 0.1) is 17.3 Å². The van der Waals surface area contributed by atoms with Crippen molar-refractivity contribution in [3.8, 4) is 0 Å². The van der Waals surface area contributed by atoms with Gasteiger partial charge in [0, 0.05) is 43.9 Å². The van der Waals surface area contributed by atoms with Crippen molar-refractivity contribution in [2.75, 3.05) is 32.7 Å². The van der Waals surface area contributed by atoms with Crippen LogP contribution in [-0.4, -0.2) is 64.5 Å². The largest absolute Gasteiger partial charge is 0.361 e. The molecule has 1 N–H and O–H groups in total. The number of hydrogen-bond donors (Lipinski definition) is 1. The van der Waals surface area contributed by atoms with Crippen molar-refractivity contribution in [3.63, 3.8) is 0 Å². The van der Waals surface area contributed by atoms with E-state index in [1.807, 2.05) is 43.1 Å². The molecule has 166 valence electrons. The van der Waals surface area contributed by atoms with Gasteiger partial charge in [-0.2, -0.15) is 0 Å². The number of nitrogens with one attached hydrogen (secondary N) is 1. The number of amides is 2. The fourth-order valence-corrected chi connectivity index (χ4v) is 4.46. The number of carbonyl (C=O) groups excluding carboxylic acids is 2. The number of nitrogens with zero attached hydrogens (tertiary/aromatic N) is 4. The molecule has 0 saturated carbocycles. The van der Waals surface area contributed by atoms with E-state index in [9.17, 15) is 9.59 Å². The van der Waals surface area contributed by atoms with E-state index in [4.69, 9.17) is 4.52 Å². The van der Waals surface area contributed by atoms with Gasteiger partial charge in [0.2, 0.25) is 11.8 Å². The molecule has 0 spiro atoms. The maximum Gasteiger partial charge on any atom is 0.226 e. The van der Waals surface area contributed by atoms with Gasteiger partial charge in [-0.05, 0) is 58.3 Å². The molecule has 0 atom stereocenters. The quantitative estimate of drug-likeness (QED) is 0.726. The van der Waals surface area contributed by atoms with Crippen molar-refractivity contribution >= 4 is 11.8 Å². The average molecular weight is 426 g/mol. The summed E-state index contributed by atoms with van der Waals surface area (Å²) < 4.78 is 5.15. The predicted molar refractivity (Wildman–Crippen MR) is 115 cm³/mol. The number of aryl methyl sites for hydroxylation is 2. The summed E-state index contributed by atoms with van der Waals surface area (Å²) in [5.41, 5.74) is 3.00. The first kappa shape index (κ1) is 21.5. The molecule has 8 nitrogen and oxygen atoms in total. The smallest absolute Gasteiger partial charge is 0.226 e. The van der Waals surface area contributed by atoms with E-state index in [1.165, 1.54) is 0 Å². The fraction of sp³-hybridized carbons (Fsp3) is 0.565. The molecule has 8 heteroatoms. The van der Waals surface area contributed by atoms with E-state index < -0.39 is 0 Å². The number of carbonyl (C=O) groups is 2. The Bertz CT molecular complexity index is 880. The predicted octanol–water partition coefficient (Wildman–Crippen LogP) is 1.72. The lowest BCUT2D eigenvalue weighted by molar-refractivity contribution is -0.147. The Balaban J connectivity index is 1.15. The second kappa shape index (κ2) is 9.60. The topological polar surface area (TPSA) is 91.6 Å². The Hall–Kier alpha value is -2.74. The van der Waals surface area contributed by atoms with Crippen LogP contribution in [-0.2, 0) is 22.6 Å². The lowest BCUT2D eigenvalue weighted by Crippen LogP contribution is -2.57. The van der Waals surface area contributed by atoms with Crippen molar-refractivity contribution in [3.05, 3.63) is 47.1 Å². The van der Waals surface area contributed by atoms with E-state index in [-0.39, 0.29) is 23.7 Å². The van der Waals surface area contributed by atoms with E-state index in [0.717, 1.165) is 55.2 Å². The molecule has 2 aromatic heterocycles. The number of rotatable bonds is 7. The maximum absolute atomic E-state index is 12.8. The third-order valence-corrected chi connectivity index (χ3v) is 6.47. The van der Waals surface area contributed by atoms with Crippen molar-refractivity contribution < 1.29 is 14.1 Å². The average Bonchev–Trinajstić information content (AvgIpc) is 3.06. The zero-order valence-corrected chi connectivity index (χ0v) is 18.3. The van der Waals surface area contributed by atoms with Crippen molar-refractivity contribution in [1.29, 1.82) is 0 Å². The minimum atomic E-state index is -0.0992. The molecule has 2 aromatic rings. The molecule has 4 heterocycles. The molecule has 0 aliphatic carbocycles. The monoisotopic (exact) mass is 425 g/mol. The highest BCUT2D eigenvalue weighted by Crippen LogP contribution is 2.25. The molecule has 4 rings (SSSR count). The molecule has 0 bridgehead atoms. The summed E-state index contributed by atoms with van der Waals surface area (Å²) >= 11 is 0. The Morgan fingerprint density at radius 3 is 2.58 bits per heavy atom. The lowest BCUT2D eigenvalue weighted by Gasteiger charge is -2.41. The van der Waals surface area contributed by atoms with Crippen LogP contribution in [0.15, 0.2) is 28.9 Å². The zero-order chi connectivity index (χ0) is 21.8. The third kappa shape index (κ3) is 5.12. The first-order chi connectivity index (χ1) is 15.0. The number of aromatic nitrogens is 2. The van der Waals surface area contributed by atoms with Gasteiger partial charge in [0.1, 0.15) is 5.76 Å². The normalized spacial score (nSPS) is 18.1. The molecule has 2 saturated heterocycles. The van der Waals surface area contributed by atoms with Crippen LogP contribution in [0.1, 0.15) is 35.6 Å². The Labute approximate surface area is 183 Å². The second-order valence-corrected chi connectivity index (χ2v) is 8.66. The van der Waals surface area contributed by atoms with Gasteiger partial charge < -0.3 is 14.7 Å². The molecule has 31 heavy (non-hydrogen) atoms. The van der Waals surface area contributed by atoms with Crippen LogP contribution < -0.4 is 5.32 Å². The fourth-order valence-electron chi connectivity index (χ4n) is 4.46. The third-order valence-electron chi connectivity index (χ3n) is 6.47. The molecular weight excluding hydrogens is 394 g/mol. The van der Waals surface area contributed by atoms with Crippen LogP contribution in [0.3, 0.4) is 0 Å². The second-order valence-electron chi connectivity index (χ2n) is 8.66. The van der Waals surface area contributed by atoms with E-state index in [0.29, 0.717) is 26.1 Å². The SMILES string of the molecule is Cc1noc(C)c1CCNC(=O)C1CN(C(=O)C2CCN(Cc3ccccn3)CC2)C1. The number of pyridine rings is 1. The number of likely N-dealkylation sites (tertiary alicyclic amines) is 2. The van der Waals surface area contributed by atoms with Gasteiger partial charge in [0.15, 0.2) is 0 Å². The van der Waals surface area contributed by atoms with Crippen LogP contribution in [0.4, 0.5) is 0 Å². The molecule has 0 aromatic carbocycles. The maximum atomic E-state index is 12.8. The minimum Gasteiger partial charge on any atom is -0.361 e. The number of hydrogen-bond acceptors (Lipinski definition) is 6. The van der Waals surface area contributed by atoms with Crippen LogP contribution in [0.5, 0.6) is 0 Å². The van der Waals surface area contributed by atoms with E-state index in [2.05, 4.69) is 20.4 Å². The molecule has 0 unspecified atom stereocenters. The first-order valence-electron chi connectivity index (χ1n) is 11.1. The molecule has 0 radical (unpaired) electrons. The lowest BCUT2D eigenvalue weighted by atomic mass is 9.91. The minimum absolute atomic E-state index is 0.0287. The van der Waals surface area contributed by atoms with Gasteiger partial charge in [-0.1, -0.05) is 11.2 Å².